The third-order valence-electron chi connectivity index (χ3n) is 3.82. The summed E-state index contributed by atoms with van der Waals surface area (Å²) in [4.78, 5) is 24.2. The van der Waals surface area contributed by atoms with E-state index < -0.39 is 17.7 Å². The largest absolute Gasteiger partial charge is 0.489 e. The fourth-order valence-electron chi connectivity index (χ4n) is 2.49. The van der Waals surface area contributed by atoms with E-state index in [9.17, 15) is 9.59 Å². The van der Waals surface area contributed by atoms with Crippen molar-refractivity contribution in [3.8, 4) is 5.75 Å². The Balaban J connectivity index is 1.96. The number of carbonyl (C=O) groups is 2. The van der Waals surface area contributed by atoms with Crippen LogP contribution in [0.5, 0.6) is 5.75 Å². The molecule has 0 heterocycles. The summed E-state index contributed by atoms with van der Waals surface area (Å²) in [5.74, 6) is 0.631. The number of Topliss-reactive ketones (excluding diaryl/α,β-unsaturated/α-hetero) is 1. The van der Waals surface area contributed by atoms with Crippen LogP contribution in [0.15, 0.2) is 54.6 Å². The quantitative estimate of drug-likeness (QED) is 0.597. The Kier molecular flexibility index (Phi) is 8.05. The summed E-state index contributed by atoms with van der Waals surface area (Å²) in [5.41, 5.74) is 1.39. The summed E-state index contributed by atoms with van der Waals surface area (Å²) in [5, 5.41) is 2.82. The van der Waals surface area contributed by atoms with Crippen molar-refractivity contribution in [2.45, 2.75) is 45.4 Å². The van der Waals surface area contributed by atoms with Gasteiger partial charge < -0.3 is 14.8 Å². The molecule has 0 aliphatic rings. The van der Waals surface area contributed by atoms with Crippen LogP contribution in [0.1, 0.15) is 31.9 Å². The second-order valence-electron chi connectivity index (χ2n) is 7.42. The molecule has 1 amide bonds. The Bertz CT molecular complexity index is 769. The summed E-state index contributed by atoms with van der Waals surface area (Å²) >= 11 is 3.17. The molecule has 0 aliphatic heterocycles. The number of hydrogen-bond acceptors (Lipinski definition) is 4. The maximum atomic E-state index is 12.2. The van der Waals surface area contributed by atoms with Gasteiger partial charge in [0.25, 0.3) is 0 Å². The number of alkyl carbamates (subject to hydrolysis) is 1. The molecule has 5 nitrogen and oxygen atoms in total. The normalized spacial score (nSPS) is 12.1. The van der Waals surface area contributed by atoms with Crippen molar-refractivity contribution in [3.63, 3.8) is 0 Å². The molecule has 0 aliphatic carbocycles. The molecule has 0 fully saturated rings. The first-order valence-electron chi connectivity index (χ1n) is 9.10. The Morgan fingerprint density at radius 3 is 2.21 bits per heavy atom. The van der Waals surface area contributed by atoms with E-state index in [4.69, 9.17) is 9.47 Å². The number of halogens is 1. The molecule has 28 heavy (non-hydrogen) atoms. The minimum atomic E-state index is -0.662. The number of ketones is 1. The first-order valence-corrected chi connectivity index (χ1v) is 10.2. The predicted octanol–water partition coefficient (Wildman–Crippen LogP) is 4.67. The van der Waals surface area contributed by atoms with Gasteiger partial charge in [0.1, 0.15) is 18.0 Å². The highest BCUT2D eigenvalue weighted by Crippen LogP contribution is 2.16. The van der Waals surface area contributed by atoms with Crippen LogP contribution in [0.3, 0.4) is 0 Å². The molecule has 0 aromatic heterocycles. The molecule has 0 spiro atoms. The fourth-order valence-corrected chi connectivity index (χ4v) is 2.88. The lowest BCUT2D eigenvalue weighted by Crippen LogP contribution is -2.45. The summed E-state index contributed by atoms with van der Waals surface area (Å²) in [6, 6.07) is 16.8. The maximum absolute atomic E-state index is 12.2. The van der Waals surface area contributed by atoms with Crippen molar-refractivity contribution >= 4 is 27.8 Å². The molecule has 0 saturated heterocycles. The van der Waals surface area contributed by atoms with E-state index in [1.165, 1.54) is 0 Å². The van der Waals surface area contributed by atoms with Crippen LogP contribution < -0.4 is 10.1 Å². The van der Waals surface area contributed by atoms with E-state index in [0.29, 0.717) is 13.0 Å². The molecular weight excluding hydrogens is 422 g/mol. The number of carbonyl (C=O) groups excluding carboxylic acids is 2. The molecule has 2 aromatic carbocycles. The summed E-state index contributed by atoms with van der Waals surface area (Å²) < 4.78 is 11.0. The van der Waals surface area contributed by atoms with E-state index in [-0.39, 0.29) is 11.1 Å². The Labute approximate surface area is 174 Å². The number of benzene rings is 2. The zero-order chi connectivity index (χ0) is 20.6. The summed E-state index contributed by atoms with van der Waals surface area (Å²) in [7, 11) is 0. The molecular formula is C22H26BrNO4. The lowest BCUT2D eigenvalue weighted by Gasteiger charge is -2.23. The van der Waals surface area contributed by atoms with Crippen LogP contribution in [0.25, 0.3) is 0 Å². The zero-order valence-corrected chi connectivity index (χ0v) is 18.0. The Morgan fingerprint density at radius 1 is 1.00 bits per heavy atom. The van der Waals surface area contributed by atoms with Gasteiger partial charge in [-0.3, -0.25) is 4.79 Å². The van der Waals surface area contributed by atoms with Crippen molar-refractivity contribution in [2.75, 3.05) is 5.33 Å². The average Bonchev–Trinajstić information content (AvgIpc) is 2.65. The molecule has 0 radical (unpaired) electrons. The molecule has 0 saturated carbocycles. The van der Waals surface area contributed by atoms with Crippen LogP contribution in [-0.4, -0.2) is 28.8 Å². The summed E-state index contributed by atoms with van der Waals surface area (Å²) in [6.07, 6.45) is -0.225. The van der Waals surface area contributed by atoms with E-state index in [1.54, 1.807) is 20.8 Å². The zero-order valence-electron chi connectivity index (χ0n) is 16.4. The Morgan fingerprint density at radius 2 is 1.64 bits per heavy atom. The topological polar surface area (TPSA) is 64.6 Å². The highest BCUT2D eigenvalue weighted by molar-refractivity contribution is 9.09. The highest BCUT2D eigenvalue weighted by atomic mass is 79.9. The van der Waals surface area contributed by atoms with E-state index in [2.05, 4.69) is 21.2 Å². The number of alkyl halides is 1. The summed E-state index contributed by atoms with van der Waals surface area (Å²) in [6.45, 7) is 5.83. The van der Waals surface area contributed by atoms with Gasteiger partial charge in [-0.05, 0) is 50.5 Å². The van der Waals surface area contributed by atoms with Crippen LogP contribution in [0, 0.1) is 0 Å². The molecule has 2 aromatic rings. The van der Waals surface area contributed by atoms with Crippen molar-refractivity contribution in [3.05, 3.63) is 65.7 Å². The number of ether oxygens (including phenoxy) is 2. The van der Waals surface area contributed by atoms with Gasteiger partial charge in [0.05, 0.1) is 11.4 Å². The average molecular weight is 448 g/mol. The lowest BCUT2D eigenvalue weighted by atomic mass is 10.0. The second kappa shape index (κ2) is 10.3. The second-order valence-corrected chi connectivity index (χ2v) is 7.98. The van der Waals surface area contributed by atoms with Gasteiger partial charge in [-0.15, -0.1) is 0 Å². The van der Waals surface area contributed by atoms with Crippen molar-refractivity contribution in [1.82, 2.24) is 5.32 Å². The van der Waals surface area contributed by atoms with Gasteiger partial charge in [-0.25, -0.2) is 4.79 Å². The number of amides is 1. The van der Waals surface area contributed by atoms with Gasteiger partial charge in [0.2, 0.25) is 0 Å². The Hall–Kier alpha value is -2.34. The van der Waals surface area contributed by atoms with Crippen LogP contribution in [0.4, 0.5) is 4.79 Å². The van der Waals surface area contributed by atoms with E-state index >= 15 is 0 Å². The van der Waals surface area contributed by atoms with E-state index in [0.717, 1.165) is 16.9 Å². The smallest absolute Gasteiger partial charge is 0.408 e. The minimum absolute atomic E-state index is 0.115. The highest BCUT2D eigenvalue weighted by Gasteiger charge is 2.23. The minimum Gasteiger partial charge on any atom is -0.489 e. The first kappa shape index (κ1) is 22.0. The molecule has 1 unspecified atom stereocenters. The van der Waals surface area contributed by atoms with Crippen molar-refractivity contribution in [2.24, 2.45) is 0 Å². The standard InChI is InChI=1S/C22H26BrNO4/c1-22(2,3)28-21(26)24-19(20(25)14-23)13-16-9-11-18(12-10-16)27-15-17-7-5-4-6-8-17/h4-12,19H,13-15H2,1-3H3,(H,24,26). The monoisotopic (exact) mass is 447 g/mol. The molecule has 1 atom stereocenters. The number of rotatable bonds is 8. The van der Waals surface area contributed by atoms with Crippen LogP contribution in [-0.2, 0) is 22.6 Å². The van der Waals surface area contributed by atoms with Crippen molar-refractivity contribution in [1.29, 1.82) is 0 Å². The lowest BCUT2D eigenvalue weighted by molar-refractivity contribution is -0.118. The van der Waals surface area contributed by atoms with Gasteiger partial charge in [-0.2, -0.15) is 0 Å². The van der Waals surface area contributed by atoms with Gasteiger partial charge in [0, 0.05) is 0 Å². The molecule has 150 valence electrons. The fraction of sp³-hybridized carbons (Fsp3) is 0.364. The van der Waals surface area contributed by atoms with E-state index in [1.807, 2.05) is 54.6 Å². The maximum Gasteiger partial charge on any atom is 0.408 e. The predicted molar refractivity (Wildman–Crippen MR) is 113 cm³/mol. The molecule has 0 bridgehead atoms. The third-order valence-corrected chi connectivity index (χ3v) is 4.38. The SMILES string of the molecule is CC(C)(C)OC(=O)NC(Cc1ccc(OCc2ccccc2)cc1)C(=O)CBr. The van der Waals surface area contributed by atoms with Crippen LogP contribution >= 0.6 is 15.9 Å². The third kappa shape index (κ3) is 7.72. The molecule has 1 N–H and O–H groups in total. The van der Waals surface area contributed by atoms with Crippen LogP contribution in [0.2, 0.25) is 0 Å². The van der Waals surface area contributed by atoms with Gasteiger partial charge >= 0.3 is 6.09 Å². The van der Waals surface area contributed by atoms with Gasteiger partial charge in [-0.1, -0.05) is 58.4 Å². The number of hydrogen-bond donors (Lipinski definition) is 1. The molecule has 2 rings (SSSR count). The number of nitrogens with one attached hydrogen (secondary N) is 1. The first-order chi connectivity index (χ1) is 13.3. The van der Waals surface area contributed by atoms with Crippen molar-refractivity contribution < 1.29 is 19.1 Å². The molecule has 6 heteroatoms. The van der Waals surface area contributed by atoms with Gasteiger partial charge in [0.15, 0.2) is 5.78 Å².